The van der Waals surface area contributed by atoms with Gasteiger partial charge in [0.05, 0.1) is 17.6 Å². The molecular weight excluding hydrogens is 310 g/mol. The Bertz CT molecular complexity index is 596. The van der Waals surface area contributed by atoms with Gasteiger partial charge in [0.15, 0.2) is 0 Å². The topological polar surface area (TPSA) is 49.2 Å². The highest BCUT2D eigenvalue weighted by Crippen LogP contribution is 2.39. The van der Waals surface area contributed by atoms with E-state index in [1.165, 1.54) is 6.33 Å². The normalized spacial score (nSPS) is 16.8. The van der Waals surface area contributed by atoms with Gasteiger partial charge in [0.2, 0.25) is 5.79 Å². The van der Waals surface area contributed by atoms with Crippen molar-refractivity contribution in [3.8, 4) is 5.75 Å². The van der Waals surface area contributed by atoms with E-state index in [0.29, 0.717) is 13.2 Å². The molecule has 2 heterocycles. The first-order chi connectivity index (χ1) is 9.05. The van der Waals surface area contributed by atoms with Gasteiger partial charge in [-0.05, 0) is 27.6 Å². The van der Waals surface area contributed by atoms with Crippen molar-refractivity contribution in [1.82, 2.24) is 14.8 Å². The molecule has 0 radical (unpaired) electrons. The summed E-state index contributed by atoms with van der Waals surface area (Å²) in [6.45, 7) is 5.01. The van der Waals surface area contributed by atoms with Crippen LogP contribution in [0.1, 0.15) is 25.0 Å². The van der Waals surface area contributed by atoms with Gasteiger partial charge in [-0.25, -0.2) is 9.67 Å². The van der Waals surface area contributed by atoms with Crippen molar-refractivity contribution in [3.63, 3.8) is 0 Å². The van der Waals surface area contributed by atoms with Crippen LogP contribution in [0.3, 0.4) is 0 Å². The van der Waals surface area contributed by atoms with E-state index >= 15 is 0 Å². The van der Waals surface area contributed by atoms with Crippen LogP contribution in [-0.4, -0.2) is 20.6 Å². The van der Waals surface area contributed by atoms with Gasteiger partial charge in [0.25, 0.3) is 0 Å². The number of ether oxygens (including phenoxy) is 2. The van der Waals surface area contributed by atoms with E-state index in [4.69, 9.17) is 9.47 Å². The quantitative estimate of drug-likeness (QED) is 0.852. The maximum absolute atomic E-state index is 5.90. The fourth-order valence-corrected chi connectivity index (χ4v) is 2.52. The molecule has 0 saturated heterocycles. The minimum absolute atomic E-state index is 0.534. The molecule has 0 saturated carbocycles. The molecule has 1 aliphatic heterocycles. The van der Waals surface area contributed by atoms with Crippen LogP contribution >= 0.6 is 15.9 Å². The fourth-order valence-electron chi connectivity index (χ4n) is 2.07. The van der Waals surface area contributed by atoms with Crippen LogP contribution in [0.25, 0.3) is 0 Å². The summed E-state index contributed by atoms with van der Waals surface area (Å²) in [4.78, 5) is 3.95. The largest absolute Gasteiger partial charge is 0.461 e. The molecule has 0 bridgehead atoms. The standard InChI is InChI=1S/C13H14BrN3O2/c1-13(2)18-6-10-9(5-17-8-15-7-16-17)3-4-11(14)12(10)19-13/h3-4,7-8H,5-6H2,1-2H3. The Morgan fingerprint density at radius 1 is 1.42 bits per heavy atom. The highest BCUT2D eigenvalue weighted by molar-refractivity contribution is 9.10. The van der Waals surface area contributed by atoms with Gasteiger partial charge in [0, 0.05) is 19.4 Å². The molecule has 0 fully saturated rings. The van der Waals surface area contributed by atoms with Crippen LogP contribution in [0.5, 0.6) is 5.75 Å². The third-order valence-electron chi connectivity index (χ3n) is 3.02. The predicted molar refractivity (Wildman–Crippen MR) is 72.8 cm³/mol. The lowest BCUT2D eigenvalue weighted by Gasteiger charge is -2.34. The third-order valence-corrected chi connectivity index (χ3v) is 3.64. The number of fused-ring (bicyclic) bond motifs is 1. The molecule has 1 aliphatic rings. The van der Waals surface area contributed by atoms with E-state index in [-0.39, 0.29) is 0 Å². The Labute approximate surface area is 119 Å². The smallest absolute Gasteiger partial charge is 0.205 e. The maximum Gasteiger partial charge on any atom is 0.205 e. The maximum atomic E-state index is 5.90. The van der Waals surface area contributed by atoms with E-state index < -0.39 is 5.79 Å². The first-order valence-corrected chi connectivity index (χ1v) is 6.80. The van der Waals surface area contributed by atoms with Crippen molar-refractivity contribution in [2.75, 3.05) is 0 Å². The Hall–Kier alpha value is -1.40. The number of hydrogen-bond acceptors (Lipinski definition) is 4. The monoisotopic (exact) mass is 323 g/mol. The average molecular weight is 324 g/mol. The number of rotatable bonds is 2. The summed E-state index contributed by atoms with van der Waals surface area (Å²) in [5.41, 5.74) is 2.18. The molecule has 0 unspecified atom stereocenters. The minimum atomic E-state index is -0.596. The lowest BCUT2D eigenvalue weighted by molar-refractivity contribution is -0.180. The Kier molecular flexibility index (Phi) is 3.06. The second-order valence-corrected chi connectivity index (χ2v) is 5.75. The van der Waals surface area contributed by atoms with Gasteiger partial charge in [-0.3, -0.25) is 0 Å². The third kappa shape index (κ3) is 2.50. The molecule has 0 amide bonds. The highest BCUT2D eigenvalue weighted by Gasteiger charge is 2.30. The van der Waals surface area contributed by atoms with E-state index in [1.807, 2.05) is 19.9 Å². The number of nitrogens with zero attached hydrogens (tertiary/aromatic N) is 3. The summed E-state index contributed by atoms with van der Waals surface area (Å²) in [7, 11) is 0. The Morgan fingerprint density at radius 2 is 2.26 bits per heavy atom. The molecule has 100 valence electrons. The molecule has 5 nitrogen and oxygen atoms in total. The van der Waals surface area contributed by atoms with Crippen molar-refractivity contribution in [1.29, 1.82) is 0 Å². The zero-order valence-electron chi connectivity index (χ0n) is 10.8. The van der Waals surface area contributed by atoms with Crippen molar-refractivity contribution in [2.45, 2.75) is 32.8 Å². The summed E-state index contributed by atoms with van der Waals surface area (Å²) in [6, 6.07) is 4.04. The predicted octanol–water partition coefficient (Wildman–Crippen LogP) is 2.73. The van der Waals surface area contributed by atoms with Gasteiger partial charge in [-0.2, -0.15) is 5.10 Å². The molecule has 0 N–H and O–H groups in total. The summed E-state index contributed by atoms with van der Waals surface area (Å²) < 4.78 is 14.3. The summed E-state index contributed by atoms with van der Waals surface area (Å²) in [5, 5.41) is 4.12. The Balaban J connectivity index is 1.99. The number of hydrogen-bond donors (Lipinski definition) is 0. The van der Waals surface area contributed by atoms with Crippen molar-refractivity contribution in [3.05, 3.63) is 40.4 Å². The highest BCUT2D eigenvalue weighted by atomic mass is 79.9. The van der Waals surface area contributed by atoms with E-state index in [2.05, 4.69) is 32.1 Å². The molecule has 1 aromatic carbocycles. The minimum Gasteiger partial charge on any atom is -0.461 e. The zero-order chi connectivity index (χ0) is 13.5. The molecule has 3 rings (SSSR count). The Morgan fingerprint density at radius 3 is 3.00 bits per heavy atom. The van der Waals surface area contributed by atoms with Crippen LogP contribution in [0.15, 0.2) is 29.3 Å². The van der Waals surface area contributed by atoms with Crippen molar-refractivity contribution < 1.29 is 9.47 Å². The number of halogens is 1. The first-order valence-electron chi connectivity index (χ1n) is 6.01. The van der Waals surface area contributed by atoms with E-state index in [1.54, 1.807) is 11.0 Å². The SMILES string of the molecule is CC1(C)OCc2c(Cn3cncn3)ccc(Br)c2O1. The summed E-state index contributed by atoms with van der Waals surface area (Å²) in [6.07, 6.45) is 3.23. The van der Waals surface area contributed by atoms with Crippen LogP contribution < -0.4 is 4.74 Å². The fraction of sp³-hybridized carbons (Fsp3) is 0.385. The molecule has 0 aliphatic carbocycles. The average Bonchev–Trinajstić information content (AvgIpc) is 2.85. The molecule has 1 aromatic heterocycles. The summed E-state index contributed by atoms with van der Waals surface area (Å²) in [5.74, 6) is 0.260. The van der Waals surface area contributed by atoms with Gasteiger partial charge in [-0.15, -0.1) is 0 Å². The molecule has 6 heteroatoms. The molecular formula is C13H14BrN3O2. The van der Waals surface area contributed by atoms with Gasteiger partial charge >= 0.3 is 0 Å². The molecule has 0 spiro atoms. The van der Waals surface area contributed by atoms with Crippen LogP contribution in [-0.2, 0) is 17.9 Å². The molecule has 2 aromatic rings. The van der Waals surface area contributed by atoms with Gasteiger partial charge < -0.3 is 9.47 Å². The molecule has 0 atom stereocenters. The lowest BCUT2D eigenvalue weighted by atomic mass is 10.1. The second-order valence-electron chi connectivity index (χ2n) is 4.90. The van der Waals surface area contributed by atoms with Crippen molar-refractivity contribution in [2.24, 2.45) is 0 Å². The van der Waals surface area contributed by atoms with Gasteiger partial charge in [0.1, 0.15) is 18.4 Å². The van der Waals surface area contributed by atoms with Crippen LogP contribution in [0.4, 0.5) is 0 Å². The first kappa shape index (κ1) is 12.6. The zero-order valence-corrected chi connectivity index (χ0v) is 12.3. The van der Waals surface area contributed by atoms with Crippen LogP contribution in [0, 0.1) is 0 Å². The second kappa shape index (κ2) is 4.61. The molecule has 19 heavy (non-hydrogen) atoms. The lowest BCUT2D eigenvalue weighted by Crippen LogP contribution is -2.36. The van der Waals surface area contributed by atoms with E-state index in [9.17, 15) is 0 Å². The summed E-state index contributed by atoms with van der Waals surface area (Å²) >= 11 is 3.53. The van der Waals surface area contributed by atoms with Crippen molar-refractivity contribution >= 4 is 15.9 Å². The number of aromatic nitrogens is 3. The van der Waals surface area contributed by atoms with Crippen LogP contribution in [0.2, 0.25) is 0 Å². The van der Waals surface area contributed by atoms with E-state index in [0.717, 1.165) is 21.3 Å². The number of benzene rings is 1. The van der Waals surface area contributed by atoms with Gasteiger partial charge in [-0.1, -0.05) is 6.07 Å².